The fraction of sp³-hybridized carbons (Fsp3) is 0.111. The first-order valence-corrected chi connectivity index (χ1v) is 3.92. The van der Waals surface area contributed by atoms with E-state index in [9.17, 15) is 4.79 Å². The number of carbonyl (C=O) groups excluding carboxylic acids is 1. The van der Waals surface area contributed by atoms with E-state index >= 15 is 0 Å². The van der Waals surface area contributed by atoms with E-state index in [0.717, 1.165) is 0 Å². The minimum atomic E-state index is -0.512. The summed E-state index contributed by atoms with van der Waals surface area (Å²) in [7, 11) is 1.47. The van der Waals surface area contributed by atoms with E-state index in [2.05, 4.69) is 4.99 Å². The molecule has 1 aromatic rings. The molecule has 4 N–H and O–H groups in total. The van der Waals surface area contributed by atoms with Gasteiger partial charge in [-0.05, 0) is 12.1 Å². The van der Waals surface area contributed by atoms with Crippen LogP contribution in [-0.4, -0.2) is 19.0 Å². The molecular weight excluding hydrogens is 182 g/mol. The molecule has 0 aliphatic rings. The highest BCUT2D eigenvalue weighted by Gasteiger charge is 2.09. The molecule has 0 bridgehead atoms. The Kier molecular flexibility index (Phi) is 3.06. The molecule has 0 fully saturated rings. The topological polar surface area (TPSA) is 90.7 Å². The highest BCUT2D eigenvalue weighted by Crippen LogP contribution is 2.17. The van der Waals surface area contributed by atoms with Crippen molar-refractivity contribution < 1.29 is 9.53 Å². The Labute approximate surface area is 81.4 Å². The summed E-state index contributed by atoms with van der Waals surface area (Å²) in [5, 5.41) is 0. The van der Waals surface area contributed by atoms with Crippen LogP contribution in [0.3, 0.4) is 0 Å². The lowest BCUT2D eigenvalue weighted by molar-refractivity contribution is 0.1000. The first-order chi connectivity index (χ1) is 6.65. The molecule has 0 spiro atoms. The largest absolute Gasteiger partial charge is 0.496 e. The van der Waals surface area contributed by atoms with E-state index in [1.807, 2.05) is 0 Å². The van der Waals surface area contributed by atoms with Gasteiger partial charge in [0.15, 0.2) is 5.96 Å². The molecule has 14 heavy (non-hydrogen) atoms. The van der Waals surface area contributed by atoms with Crippen molar-refractivity contribution in [2.24, 2.45) is 16.5 Å². The predicted octanol–water partition coefficient (Wildman–Crippen LogP) is 0.109. The third-order valence-corrected chi connectivity index (χ3v) is 1.57. The molecule has 0 radical (unpaired) electrons. The van der Waals surface area contributed by atoms with Crippen molar-refractivity contribution in [2.75, 3.05) is 7.11 Å². The molecule has 0 aliphatic heterocycles. The molecule has 1 amide bonds. The summed E-state index contributed by atoms with van der Waals surface area (Å²) in [5.41, 5.74) is 10.5. The summed E-state index contributed by atoms with van der Waals surface area (Å²) in [6, 6.07) is 6.71. The van der Waals surface area contributed by atoms with Gasteiger partial charge in [0.2, 0.25) is 0 Å². The van der Waals surface area contributed by atoms with Gasteiger partial charge < -0.3 is 16.2 Å². The lowest BCUT2D eigenvalue weighted by atomic mass is 10.2. The Balaban J connectivity index is 3.06. The van der Waals surface area contributed by atoms with Crippen LogP contribution in [0.15, 0.2) is 29.3 Å². The monoisotopic (exact) mass is 193 g/mol. The first-order valence-electron chi connectivity index (χ1n) is 3.92. The molecule has 1 rings (SSSR count). The number of benzene rings is 1. The van der Waals surface area contributed by atoms with Gasteiger partial charge in [-0.25, -0.2) is 0 Å². The van der Waals surface area contributed by atoms with Crippen LogP contribution in [0.5, 0.6) is 5.75 Å². The van der Waals surface area contributed by atoms with Gasteiger partial charge in [-0.1, -0.05) is 12.1 Å². The Morgan fingerprint density at radius 3 is 2.57 bits per heavy atom. The number of nitrogens with two attached hydrogens (primary N) is 2. The van der Waals surface area contributed by atoms with Crippen molar-refractivity contribution in [3.8, 4) is 5.75 Å². The molecule has 0 heterocycles. The molecule has 5 nitrogen and oxygen atoms in total. The smallest absolute Gasteiger partial charge is 0.283 e. The Morgan fingerprint density at radius 2 is 2.00 bits per heavy atom. The van der Waals surface area contributed by atoms with Crippen LogP contribution in [0.4, 0.5) is 0 Å². The van der Waals surface area contributed by atoms with Crippen LogP contribution in [0.1, 0.15) is 10.4 Å². The number of hydrogen-bond donors (Lipinski definition) is 2. The summed E-state index contributed by atoms with van der Waals surface area (Å²) < 4.78 is 4.98. The van der Waals surface area contributed by atoms with Crippen molar-refractivity contribution in [3.63, 3.8) is 0 Å². The predicted molar refractivity (Wildman–Crippen MR) is 53.1 cm³/mol. The fourth-order valence-corrected chi connectivity index (χ4v) is 0.999. The van der Waals surface area contributed by atoms with E-state index in [0.29, 0.717) is 11.3 Å². The number of para-hydroxylation sites is 1. The molecule has 74 valence electrons. The van der Waals surface area contributed by atoms with Crippen LogP contribution < -0.4 is 16.2 Å². The van der Waals surface area contributed by atoms with Crippen molar-refractivity contribution in [1.82, 2.24) is 0 Å². The summed E-state index contributed by atoms with van der Waals surface area (Å²) in [4.78, 5) is 14.8. The zero-order valence-electron chi connectivity index (χ0n) is 7.73. The second-order valence-electron chi connectivity index (χ2n) is 2.54. The third-order valence-electron chi connectivity index (χ3n) is 1.57. The minimum Gasteiger partial charge on any atom is -0.496 e. The van der Waals surface area contributed by atoms with Crippen molar-refractivity contribution >= 4 is 11.9 Å². The highest BCUT2D eigenvalue weighted by molar-refractivity contribution is 6.03. The summed E-state index contributed by atoms with van der Waals surface area (Å²) in [6.45, 7) is 0. The highest BCUT2D eigenvalue weighted by atomic mass is 16.5. The normalized spacial score (nSPS) is 9.21. The molecule has 0 aliphatic carbocycles. The van der Waals surface area contributed by atoms with Gasteiger partial charge in [0.25, 0.3) is 5.91 Å². The van der Waals surface area contributed by atoms with Gasteiger partial charge in [-0.2, -0.15) is 4.99 Å². The van der Waals surface area contributed by atoms with Gasteiger partial charge in [0.05, 0.1) is 12.7 Å². The van der Waals surface area contributed by atoms with E-state index < -0.39 is 5.91 Å². The van der Waals surface area contributed by atoms with E-state index in [1.165, 1.54) is 7.11 Å². The zero-order chi connectivity index (χ0) is 10.6. The standard InChI is InChI=1S/C9H11N3O2/c1-14-7-5-3-2-4-6(7)8(13)12-9(10)11/h2-5H,1H3,(H4,10,11,12,13). The lowest BCUT2D eigenvalue weighted by Crippen LogP contribution is -2.24. The average molecular weight is 193 g/mol. The maximum Gasteiger partial charge on any atom is 0.283 e. The van der Waals surface area contributed by atoms with E-state index in [1.54, 1.807) is 24.3 Å². The second kappa shape index (κ2) is 4.27. The minimum absolute atomic E-state index is 0.263. The quantitative estimate of drug-likeness (QED) is 0.515. The van der Waals surface area contributed by atoms with E-state index in [4.69, 9.17) is 16.2 Å². The van der Waals surface area contributed by atoms with Crippen LogP contribution in [0, 0.1) is 0 Å². The van der Waals surface area contributed by atoms with Crippen LogP contribution in [0.2, 0.25) is 0 Å². The summed E-state index contributed by atoms with van der Waals surface area (Å²) in [5.74, 6) is -0.328. The van der Waals surface area contributed by atoms with Crippen molar-refractivity contribution in [1.29, 1.82) is 0 Å². The van der Waals surface area contributed by atoms with Crippen molar-refractivity contribution in [2.45, 2.75) is 0 Å². The molecule has 0 unspecified atom stereocenters. The van der Waals surface area contributed by atoms with Gasteiger partial charge >= 0.3 is 0 Å². The Bertz CT molecular complexity index is 370. The lowest BCUT2D eigenvalue weighted by Gasteiger charge is -2.03. The number of carbonyl (C=O) groups is 1. The number of amides is 1. The van der Waals surface area contributed by atoms with Gasteiger partial charge in [0, 0.05) is 0 Å². The summed E-state index contributed by atoms with van der Waals surface area (Å²) >= 11 is 0. The van der Waals surface area contributed by atoms with Gasteiger partial charge in [-0.15, -0.1) is 0 Å². The molecule has 0 saturated heterocycles. The third kappa shape index (κ3) is 2.22. The Morgan fingerprint density at radius 1 is 1.36 bits per heavy atom. The van der Waals surface area contributed by atoms with Gasteiger partial charge in [-0.3, -0.25) is 4.79 Å². The Hall–Kier alpha value is -2.04. The first kappa shape index (κ1) is 10.0. The van der Waals surface area contributed by atoms with Crippen molar-refractivity contribution in [3.05, 3.63) is 29.8 Å². The zero-order valence-corrected chi connectivity index (χ0v) is 7.73. The number of methoxy groups -OCH3 is 1. The SMILES string of the molecule is COc1ccccc1C(=O)N=C(N)N. The van der Waals surface area contributed by atoms with Gasteiger partial charge in [0.1, 0.15) is 5.75 Å². The number of rotatable bonds is 2. The van der Waals surface area contributed by atoms with Crippen LogP contribution in [-0.2, 0) is 0 Å². The fourth-order valence-electron chi connectivity index (χ4n) is 0.999. The molecule has 1 aromatic carbocycles. The average Bonchev–Trinajstić information content (AvgIpc) is 2.16. The maximum absolute atomic E-state index is 11.4. The van der Waals surface area contributed by atoms with E-state index in [-0.39, 0.29) is 5.96 Å². The molecule has 5 heteroatoms. The number of ether oxygens (including phenoxy) is 1. The molecule has 0 aromatic heterocycles. The summed E-state index contributed by atoms with van der Waals surface area (Å²) in [6.07, 6.45) is 0. The molecule has 0 saturated carbocycles. The second-order valence-corrected chi connectivity index (χ2v) is 2.54. The van der Waals surface area contributed by atoms with Crippen LogP contribution >= 0.6 is 0 Å². The number of guanidine groups is 1. The van der Waals surface area contributed by atoms with Crippen LogP contribution in [0.25, 0.3) is 0 Å². The molecule has 0 atom stereocenters. The molecular formula is C9H11N3O2. The number of nitrogens with zero attached hydrogens (tertiary/aromatic N) is 1. The number of aliphatic imine (C=N–C) groups is 1. The number of hydrogen-bond acceptors (Lipinski definition) is 2. The maximum atomic E-state index is 11.4.